The summed E-state index contributed by atoms with van der Waals surface area (Å²) >= 11 is 13.5. The molecular formula is C16H15Cl2NOS. The van der Waals surface area contributed by atoms with E-state index in [1.54, 1.807) is 18.2 Å². The summed E-state index contributed by atoms with van der Waals surface area (Å²) in [6.45, 7) is 3.95. The van der Waals surface area contributed by atoms with Crippen LogP contribution in [0.25, 0.3) is 0 Å². The maximum absolute atomic E-state index is 12.1. The number of rotatable bonds is 4. The summed E-state index contributed by atoms with van der Waals surface area (Å²) in [4.78, 5) is 12.8. The second-order valence-electron chi connectivity index (χ2n) is 4.65. The molecule has 0 unspecified atom stereocenters. The van der Waals surface area contributed by atoms with Gasteiger partial charge in [-0.25, -0.2) is 0 Å². The second kappa shape index (κ2) is 7.21. The van der Waals surface area contributed by atoms with Crippen LogP contribution in [0.1, 0.15) is 11.1 Å². The first-order valence-electron chi connectivity index (χ1n) is 6.42. The van der Waals surface area contributed by atoms with E-state index in [1.807, 2.05) is 32.0 Å². The van der Waals surface area contributed by atoms with Crippen LogP contribution in [0.3, 0.4) is 0 Å². The van der Waals surface area contributed by atoms with Crippen molar-refractivity contribution in [1.29, 1.82) is 0 Å². The van der Waals surface area contributed by atoms with Gasteiger partial charge in [0.1, 0.15) is 0 Å². The number of thioether (sulfide) groups is 1. The van der Waals surface area contributed by atoms with Gasteiger partial charge in [-0.3, -0.25) is 4.79 Å². The van der Waals surface area contributed by atoms with Gasteiger partial charge in [0.25, 0.3) is 0 Å². The molecule has 110 valence electrons. The van der Waals surface area contributed by atoms with Crippen LogP contribution in [-0.4, -0.2) is 11.7 Å². The monoisotopic (exact) mass is 339 g/mol. The Morgan fingerprint density at radius 1 is 1.05 bits per heavy atom. The van der Waals surface area contributed by atoms with E-state index in [2.05, 4.69) is 5.32 Å². The maximum atomic E-state index is 12.1. The van der Waals surface area contributed by atoms with Crippen molar-refractivity contribution in [3.05, 3.63) is 57.6 Å². The largest absolute Gasteiger partial charge is 0.325 e. The van der Waals surface area contributed by atoms with Crippen molar-refractivity contribution >= 4 is 46.6 Å². The van der Waals surface area contributed by atoms with Crippen LogP contribution < -0.4 is 5.32 Å². The minimum atomic E-state index is -0.0756. The van der Waals surface area contributed by atoms with Crippen LogP contribution in [0.15, 0.2) is 41.3 Å². The predicted octanol–water partition coefficient (Wildman–Crippen LogP) is 5.34. The van der Waals surface area contributed by atoms with E-state index >= 15 is 0 Å². The molecule has 2 aromatic rings. The highest BCUT2D eigenvalue weighted by atomic mass is 35.5. The number of hydrogen-bond donors (Lipinski definition) is 1. The highest BCUT2D eigenvalue weighted by molar-refractivity contribution is 8.00. The molecular weight excluding hydrogens is 325 g/mol. The highest BCUT2D eigenvalue weighted by Crippen LogP contribution is 2.33. The molecule has 0 atom stereocenters. The van der Waals surface area contributed by atoms with Gasteiger partial charge < -0.3 is 5.32 Å². The van der Waals surface area contributed by atoms with Crippen LogP contribution in [0.5, 0.6) is 0 Å². The lowest BCUT2D eigenvalue weighted by molar-refractivity contribution is -0.113. The molecule has 0 aromatic heterocycles. The minimum Gasteiger partial charge on any atom is -0.325 e. The van der Waals surface area contributed by atoms with Crippen molar-refractivity contribution in [2.75, 3.05) is 11.1 Å². The van der Waals surface area contributed by atoms with E-state index in [4.69, 9.17) is 23.2 Å². The van der Waals surface area contributed by atoms with Crippen molar-refractivity contribution in [2.24, 2.45) is 0 Å². The fourth-order valence-electron chi connectivity index (χ4n) is 1.95. The summed E-state index contributed by atoms with van der Waals surface area (Å²) < 4.78 is 0. The topological polar surface area (TPSA) is 29.1 Å². The van der Waals surface area contributed by atoms with E-state index in [0.29, 0.717) is 10.0 Å². The van der Waals surface area contributed by atoms with E-state index < -0.39 is 0 Å². The molecule has 0 radical (unpaired) electrons. The lowest BCUT2D eigenvalue weighted by Crippen LogP contribution is -2.15. The van der Waals surface area contributed by atoms with E-state index in [9.17, 15) is 4.79 Å². The number of para-hydroxylation sites is 1. The molecule has 0 fully saturated rings. The number of hydrogen-bond acceptors (Lipinski definition) is 2. The molecule has 5 heteroatoms. The van der Waals surface area contributed by atoms with Crippen LogP contribution in [0.4, 0.5) is 5.69 Å². The summed E-state index contributed by atoms with van der Waals surface area (Å²) in [6.07, 6.45) is 0. The van der Waals surface area contributed by atoms with Crippen LogP contribution >= 0.6 is 35.0 Å². The molecule has 0 saturated heterocycles. The molecule has 1 amide bonds. The van der Waals surface area contributed by atoms with Gasteiger partial charge >= 0.3 is 0 Å². The smallest absolute Gasteiger partial charge is 0.234 e. The van der Waals surface area contributed by atoms with Gasteiger partial charge in [0.2, 0.25) is 5.91 Å². The predicted molar refractivity (Wildman–Crippen MR) is 91.7 cm³/mol. The van der Waals surface area contributed by atoms with Crippen molar-refractivity contribution in [3.63, 3.8) is 0 Å². The lowest BCUT2D eigenvalue weighted by atomic mass is 10.1. The Morgan fingerprint density at radius 2 is 1.57 bits per heavy atom. The van der Waals surface area contributed by atoms with Gasteiger partial charge in [0, 0.05) is 10.6 Å². The Labute approximate surface area is 138 Å². The molecule has 0 aliphatic carbocycles. The number of nitrogens with one attached hydrogen (secondary N) is 1. The molecule has 0 bridgehead atoms. The van der Waals surface area contributed by atoms with Crippen molar-refractivity contribution in [3.8, 4) is 0 Å². The van der Waals surface area contributed by atoms with Gasteiger partial charge in [-0.15, -0.1) is 11.8 Å². The number of aryl methyl sites for hydroxylation is 2. The molecule has 1 N–H and O–H groups in total. The summed E-state index contributed by atoms with van der Waals surface area (Å²) in [5.41, 5.74) is 2.96. The van der Waals surface area contributed by atoms with Gasteiger partial charge in [-0.1, -0.05) is 47.5 Å². The van der Waals surface area contributed by atoms with Crippen molar-refractivity contribution in [2.45, 2.75) is 18.7 Å². The first-order valence-corrected chi connectivity index (χ1v) is 8.16. The molecule has 0 aliphatic rings. The molecule has 2 nitrogen and oxygen atoms in total. The fraction of sp³-hybridized carbons (Fsp3) is 0.188. The molecule has 0 heterocycles. The maximum Gasteiger partial charge on any atom is 0.234 e. The first kappa shape index (κ1) is 16.2. The third-order valence-corrected chi connectivity index (χ3v) is 5.00. The molecule has 2 aromatic carbocycles. The zero-order valence-corrected chi connectivity index (χ0v) is 14.1. The Morgan fingerprint density at radius 3 is 2.14 bits per heavy atom. The average molecular weight is 340 g/mol. The number of anilines is 1. The van der Waals surface area contributed by atoms with Crippen molar-refractivity contribution < 1.29 is 4.79 Å². The zero-order valence-electron chi connectivity index (χ0n) is 11.7. The third kappa shape index (κ3) is 4.16. The molecule has 21 heavy (non-hydrogen) atoms. The Balaban J connectivity index is 2.03. The normalized spacial score (nSPS) is 10.5. The quantitative estimate of drug-likeness (QED) is 0.761. The van der Waals surface area contributed by atoms with Crippen LogP contribution in [-0.2, 0) is 4.79 Å². The van der Waals surface area contributed by atoms with E-state index in [1.165, 1.54) is 11.8 Å². The van der Waals surface area contributed by atoms with Crippen LogP contribution in [0, 0.1) is 13.8 Å². The number of halogens is 2. The molecule has 0 saturated carbocycles. The van der Waals surface area contributed by atoms with Crippen LogP contribution in [0.2, 0.25) is 10.0 Å². The lowest BCUT2D eigenvalue weighted by Gasteiger charge is -2.12. The van der Waals surface area contributed by atoms with Gasteiger partial charge in [-0.2, -0.15) is 0 Å². The SMILES string of the molecule is Cc1cccc(C)c1NC(=O)CSc1c(Cl)cccc1Cl. The Hall–Kier alpha value is -1.16. The Kier molecular flexibility index (Phi) is 5.57. The van der Waals surface area contributed by atoms with Gasteiger partial charge in [0.05, 0.1) is 15.8 Å². The number of amides is 1. The summed E-state index contributed by atoms with van der Waals surface area (Å²) in [6, 6.07) is 11.2. The average Bonchev–Trinajstić information content (AvgIpc) is 2.42. The minimum absolute atomic E-state index is 0.0756. The molecule has 2 rings (SSSR count). The van der Waals surface area contributed by atoms with Gasteiger partial charge in [0.15, 0.2) is 0 Å². The van der Waals surface area contributed by atoms with E-state index in [0.717, 1.165) is 21.7 Å². The summed E-state index contributed by atoms with van der Waals surface area (Å²) in [5, 5.41) is 4.07. The molecule has 0 spiro atoms. The Bertz CT molecular complexity index is 633. The summed E-state index contributed by atoms with van der Waals surface area (Å²) in [7, 11) is 0. The second-order valence-corrected chi connectivity index (χ2v) is 6.45. The third-order valence-electron chi connectivity index (χ3n) is 3.01. The van der Waals surface area contributed by atoms with Crippen molar-refractivity contribution in [1.82, 2.24) is 0 Å². The van der Waals surface area contributed by atoms with Gasteiger partial charge in [-0.05, 0) is 37.1 Å². The fourth-order valence-corrected chi connectivity index (χ4v) is 3.43. The number of carbonyl (C=O) groups excluding carboxylic acids is 1. The van der Waals surface area contributed by atoms with E-state index in [-0.39, 0.29) is 11.7 Å². The first-order chi connectivity index (χ1) is 9.99. The number of benzene rings is 2. The number of carbonyl (C=O) groups is 1. The standard InChI is InChI=1S/C16H15Cl2NOS/c1-10-5-3-6-11(2)15(10)19-14(20)9-21-16-12(17)7-4-8-13(16)18/h3-8H,9H2,1-2H3,(H,19,20). The molecule has 0 aliphatic heterocycles. The zero-order chi connectivity index (χ0) is 15.4. The summed E-state index contributed by atoms with van der Waals surface area (Å²) in [5.74, 6) is 0.186. The highest BCUT2D eigenvalue weighted by Gasteiger charge is 2.11.